The van der Waals surface area contributed by atoms with Crippen molar-refractivity contribution in [3.63, 3.8) is 0 Å². The van der Waals surface area contributed by atoms with E-state index in [4.69, 9.17) is 4.43 Å². The molecule has 84 valence electrons. The van der Waals surface area contributed by atoms with Crippen molar-refractivity contribution >= 4 is 14.2 Å². The molecule has 1 rings (SSSR count). The van der Waals surface area contributed by atoms with Gasteiger partial charge in [-0.3, -0.25) is 0 Å². The van der Waals surface area contributed by atoms with E-state index in [1.165, 1.54) is 5.19 Å². The monoisotopic (exact) mass is 230 g/mol. The minimum absolute atomic E-state index is 0.0585. The van der Waals surface area contributed by atoms with Crippen LogP contribution in [0.15, 0.2) is 68.3 Å². The zero-order chi connectivity index (χ0) is 11.8. The summed E-state index contributed by atoms with van der Waals surface area (Å²) < 4.78 is 6.01. The maximum absolute atomic E-state index is 6.01. The normalized spacial score (nSPS) is 12.1. The summed E-state index contributed by atoms with van der Waals surface area (Å²) in [6, 6.07) is 11.2. The second kappa shape index (κ2) is 6.98. The molecule has 0 aliphatic heterocycles. The SMILES string of the molecule is C=CC[Si@H](OC(C=C)C=C)c1ccccc1. The van der Waals surface area contributed by atoms with Gasteiger partial charge in [0.25, 0.3) is 0 Å². The van der Waals surface area contributed by atoms with Crippen LogP contribution in [-0.4, -0.2) is 15.1 Å². The molecule has 0 radical (unpaired) electrons. The zero-order valence-corrected chi connectivity index (χ0v) is 10.7. The predicted molar refractivity (Wildman–Crippen MR) is 73.5 cm³/mol. The Morgan fingerprint density at radius 1 is 1.12 bits per heavy atom. The second-order valence-electron chi connectivity index (χ2n) is 3.50. The lowest BCUT2D eigenvalue weighted by Crippen LogP contribution is -2.35. The summed E-state index contributed by atoms with van der Waals surface area (Å²) >= 11 is 0. The second-order valence-corrected chi connectivity index (χ2v) is 5.88. The van der Waals surface area contributed by atoms with E-state index < -0.39 is 9.04 Å². The number of rotatable bonds is 7. The summed E-state index contributed by atoms with van der Waals surface area (Å²) in [6.07, 6.45) is 5.42. The lowest BCUT2D eigenvalue weighted by atomic mass is 10.4. The van der Waals surface area contributed by atoms with E-state index in [0.29, 0.717) is 0 Å². The van der Waals surface area contributed by atoms with Gasteiger partial charge in [-0.1, -0.05) is 48.6 Å². The van der Waals surface area contributed by atoms with Crippen molar-refractivity contribution in [3.8, 4) is 0 Å². The van der Waals surface area contributed by atoms with Crippen LogP contribution in [-0.2, 0) is 4.43 Å². The molecule has 16 heavy (non-hydrogen) atoms. The Morgan fingerprint density at radius 2 is 1.75 bits per heavy atom. The Balaban J connectivity index is 2.78. The Morgan fingerprint density at radius 3 is 2.25 bits per heavy atom. The molecule has 0 amide bonds. The molecule has 1 aromatic carbocycles. The molecule has 0 unspecified atom stereocenters. The van der Waals surface area contributed by atoms with Crippen LogP contribution in [0.4, 0.5) is 0 Å². The molecule has 0 N–H and O–H groups in total. The summed E-state index contributed by atoms with van der Waals surface area (Å²) in [5.74, 6) is 0. The number of benzene rings is 1. The molecule has 0 fully saturated rings. The molecule has 0 bridgehead atoms. The highest BCUT2D eigenvalue weighted by Crippen LogP contribution is 2.04. The summed E-state index contributed by atoms with van der Waals surface area (Å²) in [5.41, 5.74) is 0. The van der Waals surface area contributed by atoms with Crippen molar-refractivity contribution in [3.05, 3.63) is 68.3 Å². The average molecular weight is 230 g/mol. The number of hydrogen-bond donors (Lipinski definition) is 0. The van der Waals surface area contributed by atoms with Crippen molar-refractivity contribution in [2.75, 3.05) is 0 Å². The fourth-order valence-electron chi connectivity index (χ4n) is 1.49. The summed E-state index contributed by atoms with van der Waals surface area (Å²) in [6.45, 7) is 11.3. The Kier molecular flexibility index (Phi) is 5.54. The average Bonchev–Trinajstić information content (AvgIpc) is 2.35. The minimum atomic E-state index is -1.45. The van der Waals surface area contributed by atoms with Gasteiger partial charge in [-0.25, -0.2) is 0 Å². The van der Waals surface area contributed by atoms with Gasteiger partial charge in [-0.15, -0.1) is 19.7 Å². The Labute approximate surface area is 99.5 Å². The molecule has 2 heteroatoms. The van der Waals surface area contributed by atoms with E-state index >= 15 is 0 Å². The molecular weight excluding hydrogens is 212 g/mol. The third kappa shape index (κ3) is 3.64. The standard InChI is InChI=1S/C14H18OSi/c1-4-12-16(15-13(5-2)6-3)14-10-8-7-9-11-14/h4-11,13,16H,1-3,12H2/t16-/m0/s1. The van der Waals surface area contributed by atoms with Crippen LogP contribution in [0.5, 0.6) is 0 Å². The van der Waals surface area contributed by atoms with Crippen LogP contribution in [0, 0.1) is 0 Å². The van der Waals surface area contributed by atoms with Crippen LogP contribution in [0.25, 0.3) is 0 Å². The number of hydrogen-bond acceptors (Lipinski definition) is 1. The summed E-state index contributed by atoms with van der Waals surface area (Å²) in [4.78, 5) is 0. The molecule has 1 nitrogen and oxygen atoms in total. The van der Waals surface area contributed by atoms with Crippen molar-refractivity contribution in [2.45, 2.75) is 12.1 Å². The molecule has 1 aromatic rings. The topological polar surface area (TPSA) is 9.23 Å². The van der Waals surface area contributed by atoms with E-state index in [1.807, 2.05) is 24.3 Å². The molecule has 0 heterocycles. The molecule has 0 spiro atoms. The van der Waals surface area contributed by atoms with Gasteiger partial charge in [0.15, 0.2) is 0 Å². The van der Waals surface area contributed by atoms with E-state index in [-0.39, 0.29) is 6.10 Å². The van der Waals surface area contributed by atoms with Gasteiger partial charge >= 0.3 is 0 Å². The van der Waals surface area contributed by atoms with Crippen molar-refractivity contribution in [2.24, 2.45) is 0 Å². The molecule has 1 atom stereocenters. The Bertz CT molecular complexity index is 337. The third-order valence-corrected chi connectivity index (χ3v) is 4.87. The first-order valence-corrected chi connectivity index (χ1v) is 7.24. The smallest absolute Gasteiger partial charge is 0.213 e. The predicted octanol–water partition coefficient (Wildman–Crippen LogP) is 2.56. The van der Waals surface area contributed by atoms with Crippen molar-refractivity contribution in [1.82, 2.24) is 0 Å². The number of allylic oxidation sites excluding steroid dienone is 1. The minimum Gasteiger partial charge on any atom is -0.405 e. The maximum Gasteiger partial charge on any atom is 0.213 e. The highest BCUT2D eigenvalue weighted by atomic mass is 28.3. The van der Waals surface area contributed by atoms with Crippen LogP contribution in [0.2, 0.25) is 6.04 Å². The first kappa shape index (κ1) is 12.7. The van der Waals surface area contributed by atoms with E-state index in [9.17, 15) is 0 Å². The van der Waals surface area contributed by atoms with Gasteiger partial charge in [0.1, 0.15) is 0 Å². The lowest BCUT2D eigenvalue weighted by molar-refractivity contribution is 0.306. The van der Waals surface area contributed by atoms with Gasteiger partial charge in [0.05, 0.1) is 6.10 Å². The fourth-order valence-corrected chi connectivity index (χ4v) is 3.58. The van der Waals surface area contributed by atoms with E-state index in [1.54, 1.807) is 12.2 Å². The molecule has 0 aromatic heterocycles. The van der Waals surface area contributed by atoms with Crippen LogP contribution < -0.4 is 5.19 Å². The first-order valence-electron chi connectivity index (χ1n) is 5.38. The Hall–Kier alpha value is -1.38. The third-order valence-electron chi connectivity index (χ3n) is 2.34. The van der Waals surface area contributed by atoms with Crippen molar-refractivity contribution < 1.29 is 4.43 Å². The van der Waals surface area contributed by atoms with Gasteiger partial charge in [0, 0.05) is 0 Å². The van der Waals surface area contributed by atoms with Crippen molar-refractivity contribution in [1.29, 1.82) is 0 Å². The zero-order valence-electron chi connectivity index (χ0n) is 9.51. The maximum atomic E-state index is 6.01. The van der Waals surface area contributed by atoms with Gasteiger partial charge in [0.2, 0.25) is 9.04 Å². The molecule has 0 aliphatic rings. The molecule has 0 aliphatic carbocycles. The van der Waals surface area contributed by atoms with Crippen LogP contribution >= 0.6 is 0 Å². The van der Waals surface area contributed by atoms with E-state index in [0.717, 1.165) is 6.04 Å². The van der Waals surface area contributed by atoms with Crippen LogP contribution in [0.1, 0.15) is 0 Å². The largest absolute Gasteiger partial charge is 0.405 e. The van der Waals surface area contributed by atoms with Gasteiger partial charge in [-0.2, -0.15) is 0 Å². The van der Waals surface area contributed by atoms with Gasteiger partial charge < -0.3 is 4.43 Å². The van der Waals surface area contributed by atoms with Gasteiger partial charge in [-0.05, 0) is 11.2 Å². The lowest BCUT2D eigenvalue weighted by Gasteiger charge is -2.19. The highest BCUT2D eigenvalue weighted by Gasteiger charge is 2.15. The fraction of sp³-hybridized carbons (Fsp3) is 0.143. The quantitative estimate of drug-likeness (QED) is 0.517. The van der Waals surface area contributed by atoms with Crippen LogP contribution in [0.3, 0.4) is 0 Å². The molecule has 0 saturated carbocycles. The van der Waals surface area contributed by atoms with E-state index in [2.05, 4.69) is 31.9 Å². The molecule has 0 saturated heterocycles. The highest BCUT2D eigenvalue weighted by molar-refractivity contribution is 6.67. The summed E-state index contributed by atoms with van der Waals surface area (Å²) in [5, 5.41) is 1.29. The molecular formula is C14H18OSi. The first-order chi connectivity index (χ1) is 7.81. The summed E-state index contributed by atoms with van der Waals surface area (Å²) in [7, 11) is -1.45.